The predicted molar refractivity (Wildman–Crippen MR) is 152 cm³/mol. The first kappa shape index (κ1) is 29.2. The van der Waals surface area contributed by atoms with Crippen LogP contribution in [0.25, 0.3) is 0 Å². The first-order chi connectivity index (χ1) is 18.7. The van der Waals surface area contributed by atoms with Crippen molar-refractivity contribution in [3.05, 3.63) is 59.7 Å². The van der Waals surface area contributed by atoms with Crippen molar-refractivity contribution in [3.8, 4) is 0 Å². The molecule has 0 saturated carbocycles. The normalized spacial score (nSPS) is 16.7. The Hall–Kier alpha value is -1.74. The molecule has 2 aromatic rings. The second-order valence-corrected chi connectivity index (χ2v) is 15.5. The third-order valence-electron chi connectivity index (χ3n) is 6.57. The van der Waals surface area contributed by atoms with Gasteiger partial charge in [-0.2, -0.15) is 0 Å². The molecule has 2 fully saturated rings. The van der Waals surface area contributed by atoms with Crippen LogP contribution in [-0.4, -0.2) is 127 Å². The Kier molecular flexibility index (Phi) is 12.6. The summed E-state index contributed by atoms with van der Waals surface area (Å²) < 4.78 is 13.0. The van der Waals surface area contributed by atoms with E-state index in [9.17, 15) is 9.59 Å². The van der Waals surface area contributed by atoms with Gasteiger partial charge in [0, 0.05) is 0 Å². The van der Waals surface area contributed by atoms with Crippen LogP contribution in [0.5, 0.6) is 0 Å². The van der Waals surface area contributed by atoms with Crippen molar-refractivity contribution in [2.45, 2.75) is 12.8 Å². The zero-order valence-corrected chi connectivity index (χ0v) is 25.3. The molecule has 0 aromatic heterocycles. The molecule has 8 nitrogen and oxygen atoms in total. The van der Waals surface area contributed by atoms with Crippen molar-refractivity contribution >= 4 is 47.0 Å². The van der Waals surface area contributed by atoms with E-state index < -0.39 is 0 Å². The molecule has 10 heteroatoms. The zero-order valence-electron chi connectivity index (χ0n) is 21.9. The standard InChI is InChI=1S/C28H38N4O4Se2/c33-27(29-11-5-13-31-15-19-35-20-16-31)23-7-1-3-9-25(23)37-38-26-10-4-2-8-24(26)28(34)30-12-6-14-32-17-21-36-22-18-32/h1-4,7-10H,5-6,11-22H2,(H,29,33)(H,30,34). The molecule has 2 saturated heterocycles. The Morgan fingerprint density at radius 1 is 0.658 bits per heavy atom. The molecule has 4 rings (SSSR count). The number of morpholine rings is 2. The zero-order chi connectivity index (χ0) is 26.4. The van der Waals surface area contributed by atoms with Gasteiger partial charge in [0.25, 0.3) is 0 Å². The van der Waals surface area contributed by atoms with E-state index in [1.165, 1.54) is 0 Å². The number of hydrogen-bond donors (Lipinski definition) is 2. The number of nitrogens with zero attached hydrogens (tertiary/aromatic N) is 2. The average molecular weight is 653 g/mol. The van der Waals surface area contributed by atoms with Crippen molar-refractivity contribution < 1.29 is 19.1 Å². The van der Waals surface area contributed by atoms with Gasteiger partial charge in [-0.05, 0) is 0 Å². The Morgan fingerprint density at radius 3 is 1.47 bits per heavy atom. The summed E-state index contributed by atoms with van der Waals surface area (Å²) in [4.78, 5) is 30.7. The Labute approximate surface area is 237 Å². The summed E-state index contributed by atoms with van der Waals surface area (Å²) in [5, 5.41) is 6.21. The van der Waals surface area contributed by atoms with Crippen LogP contribution < -0.4 is 19.6 Å². The molecule has 38 heavy (non-hydrogen) atoms. The average Bonchev–Trinajstić information content (AvgIpc) is 2.97. The molecule has 2 N–H and O–H groups in total. The number of nitrogens with one attached hydrogen (secondary N) is 2. The summed E-state index contributed by atoms with van der Waals surface area (Å²) in [7, 11) is 0. The molecule has 2 aromatic carbocycles. The molecule has 0 bridgehead atoms. The van der Waals surface area contributed by atoms with Gasteiger partial charge in [-0.1, -0.05) is 0 Å². The molecular weight excluding hydrogens is 614 g/mol. The van der Waals surface area contributed by atoms with Crippen molar-refractivity contribution in [2.75, 3.05) is 78.8 Å². The third-order valence-corrected chi connectivity index (χ3v) is 13.8. The van der Waals surface area contributed by atoms with E-state index in [4.69, 9.17) is 9.47 Å². The molecule has 2 heterocycles. The summed E-state index contributed by atoms with van der Waals surface area (Å²) in [6.45, 7) is 10.3. The van der Waals surface area contributed by atoms with Crippen LogP contribution in [0.1, 0.15) is 33.6 Å². The van der Waals surface area contributed by atoms with E-state index in [-0.39, 0.29) is 38.1 Å². The quantitative estimate of drug-likeness (QED) is 0.232. The van der Waals surface area contributed by atoms with Crippen LogP contribution in [0.15, 0.2) is 48.5 Å². The van der Waals surface area contributed by atoms with Crippen LogP contribution in [-0.2, 0) is 9.47 Å². The van der Waals surface area contributed by atoms with Crippen molar-refractivity contribution in [2.24, 2.45) is 0 Å². The van der Waals surface area contributed by atoms with E-state index in [1.807, 2.05) is 36.4 Å². The molecule has 2 aliphatic heterocycles. The molecule has 0 spiro atoms. The minimum atomic E-state index is -0.00783. The molecule has 0 radical (unpaired) electrons. The fraction of sp³-hybridized carbons (Fsp3) is 0.500. The van der Waals surface area contributed by atoms with E-state index in [0.29, 0.717) is 13.1 Å². The Bertz CT molecular complexity index is 948. The van der Waals surface area contributed by atoms with E-state index in [2.05, 4.69) is 32.6 Å². The van der Waals surface area contributed by atoms with E-state index >= 15 is 0 Å². The van der Waals surface area contributed by atoms with E-state index in [1.54, 1.807) is 0 Å². The second kappa shape index (κ2) is 16.4. The van der Waals surface area contributed by atoms with Crippen LogP contribution in [0, 0.1) is 0 Å². The number of carbonyl (C=O) groups is 2. The number of ether oxygens (including phenoxy) is 2. The molecule has 206 valence electrons. The fourth-order valence-electron chi connectivity index (χ4n) is 4.39. The van der Waals surface area contributed by atoms with Gasteiger partial charge in [-0.25, -0.2) is 0 Å². The number of benzene rings is 2. The second-order valence-electron chi connectivity index (χ2n) is 9.29. The Balaban J connectivity index is 1.24. The topological polar surface area (TPSA) is 83.1 Å². The monoisotopic (exact) mass is 654 g/mol. The third kappa shape index (κ3) is 9.47. The summed E-state index contributed by atoms with van der Waals surface area (Å²) in [5.41, 5.74) is 1.51. The van der Waals surface area contributed by atoms with Gasteiger partial charge in [-0.3, -0.25) is 0 Å². The fourth-order valence-corrected chi connectivity index (χ4v) is 11.5. The van der Waals surface area contributed by atoms with Crippen LogP contribution in [0.2, 0.25) is 0 Å². The molecule has 2 aliphatic rings. The number of amides is 2. The summed E-state index contributed by atoms with van der Waals surface area (Å²) in [6, 6.07) is 15.8. The number of hydrogen-bond acceptors (Lipinski definition) is 6. The van der Waals surface area contributed by atoms with Gasteiger partial charge in [0.15, 0.2) is 0 Å². The molecule has 2 amide bonds. The maximum atomic E-state index is 13.0. The SMILES string of the molecule is O=C(NCCCN1CCOCC1)c1ccccc1[Se][Se]c1ccccc1C(=O)NCCCN1CCOCC1. The van der Waals surface area contributed by atoms with Gasteiger partial charge in [-0.15, -0.1) is 0 Å². The summed E-state index contributed by atoms with van der Waals surface area (Å²) in [5.74, 6) is -0.0157. The van der Waals surface area contributed by atoms with Crippen molar-refractivity contribution in [3.63, 3.8) is 0 Å². The van der Waals surface area contributed by atoms with E-state index in [0.717, 1.165) is 98.6 Å². The van der Waals surface area contributed by atoms with Crippen LogP contribution in [0.4, 0.5) is 0 Å². The summed E-state index contributed by atoms with van der Waals surface area (Å²) >= 11 is 0.170. The molecule has 0 unspecified atom stereocenters. The van der Waals surface area contributed by atoms with Gasteiger partial charge >= 0.3 is 238 Å². The van der Waals surface area contributed by atoms with Crippen LogP contribution >= 0.6 is 0 Å². The van der Waals surface area contributed by atoms with Crippen molar-refractivity contribution in [1.29, 1.82) is 0 Å². The Morgan fingerprint density at radius 2 is 1.05 bits per heavy atom. The number of carbonyl (C=O) groups excluding carboxylic acids is 2. The maximum absolute atomic E-state index is 13.0. The van der Waals surface area contributed by atoms with Crippen LogP contribution in [0.3, 0.4) is 0 Å². The van der Waals surface area contributed by atoms with Crippen molar-refractivity contribution in [1.82, 2.24) is 20.4 Å². The van der Waals surface area contributed by atoms with Gasteiger partial charge < -0.3 is 0 Å². The van der Waals surface area contributed by atoms with Gasteiger partial charge in [0.1, 0.15) is 0 Å². The molecule has 0 atom stereocenters. The first-order valence-corrected chi connectivity index (χ1v) is 19.4. The number of rotatable bonds is 13. The molecule has 0 aliphatic carbocycles. The van der Waals surface area contributed by atoms with Gasteiger partial charge in [0.2, 0.25) is 0 Å². The summed E-state index contributed by atoms with van der Waals surface area (Å²) in [6.07, 6.45) is 1.86. The van der Waals surface area contributed by atoms with Gasteiger partial charge in [0.05, 0.1) is 0 Å². The minimum absolute atomic E-state index is 0.00783. The molecular formula is C28H38N4O4Se2. The predicted octanol–water partition coefficient (Wildman–Crippen LogP) is -0.135. The first-order valence-electron chi connectivity index (χ1n) is 13.4.